The van der Waals surface area contributed by atoms with E-state index in [0.29, 0.717) is 6.54 Å². The minimum absolute atomic E-state index is 0. The molecule has 17 heavy (non-hydrogen) atoms. The Bertz CT molecular complexity index is 229. The summed E-state index contributed by atoms with van der Waals surface area (Å²) in [5.74, 6) is 0.359. The van der Waals surface area contributed by atoms with Gasteiger partial charge in [0.2, 0.25) is 5.91 Å². The van der Waals surface area contributed by atoms with Gasteiger partial charge in [0.05, 0.1) is 5.92 Å². The van der Waals surface area contributed by atoms with Gasteiger partial charge >= 0.3 is 0 Å². The number of amides is 1. The van der Waals surface area contributed by atoms with Crippen molar-refractivity contribution in [3.8, 4) is 0 Å². The van der Waals surface area contributed by atoms with Crippen LogP contribution in [0.5, 0.6) is 0 Å². The zero-order valence-electron chi connectivity index (χ0n) is 11.1. The Morgan fingerprint density at radius 1 is 1.41 bits per heavy atom. The molecule has 1 saturated heterocycles. The first-order chi connectivity index (χ1) is 6.93. The van der Waals surface area contributed by atoms with Crippen molar-refractivity contribution in [2.75, 3.05) is 33.7 Å². The summed E-state index contributed by atoms with van der Waals surface area (Å²) in [4.78, 5) is 13.9. The summed E-state index contributed by atoms with van der Waals surface area (Å²) in [6, 6.07) is 0. The van der Waals surface area contributed by atoms with Crippen molar-refractivity contribution in [2.24, 2.45) is 5.92 Å². The number of hydrogen-bond acceptors (Lipinski definition) is 3. The number of likely N-dealkylation sites (N-methyl/N-ethyl adjacent to an activating group) is 1. The van der Waals surface area contributed by atoms with Gasteiger partial charge in [0, 0.05) is 18.6 Å². The number of carbonyl (C=O) groups is 1. The van der Waals surface area contributed by atoms with Crippen molar-refractivity contribution in [3.05, 3.63) is 0 Å². The molecule has 1 aliphatic rings. The van der Waals surface area contributed by atoms with Crippen molar-refractivity contribution >= 4 is 30.7 Å². The predicted octanol–water partition coefficient (Wildman–Crippen LogP) is 0.896. The van der Waals surface area contributed by atoms with Crippen molar-refractivity contribution in [1.29, 1.82) is 0 Å². The van der Waals surface area contributed by atoms with E-state index >= 15 is 0 Å². The third-order valence-electron chi connectivity index (χ3n) is 3.34. The Morgan fingerprint density at radius 2 is 2.00 bits per heavy atom. The predicted molar refractivity (Wildman–Crippen MR) is 76.2 cm³/mol. The molecule has 2 N–H and O–H groups in total. The summed E-state index contributed by atoms with van der Waals surface area (Å²) in [6.45, 7) is 6.75. The van der Waals surface area contributed by atoms with E-state index in [0.717, 1.165) is 19.5 Å². The van der Waals surface area contributed by atoms with E-state index in [4.69, 9.17) is 0 Å². The lowest BCUT2D eigenvalue weighted by Crippen LogP contribution is -2.49. The average molecular weight is 286 g/mol. The molecule has 0 aromatic heterocycles. The number of nitrogens with one attached hydrogen (secondary N) is 2. The number of nitrogens with zero attached hydrogens (tertiary/aromatic N) is 1. The molecule has 1 unspecified atom stereocenters. The summed E-state index contributed by atoms with van der Waals surface area (Å²) in [5, 5.41) is 6.23. The van der Waals surface area contributed by atoms with Gasteiger partial charge in [-0.15, -0.1) is 24.8 Å². The summed E-state index contributed by atoms with van der Waals surface area (Å²) < 4.78 is 0. The molecule has 4 nitrogen and oxygen atoms in total. The summed E-state index contributed by atoms with van der Waals surface area (Å²) in [5.41, 5.74) is 0.0156. The fourth-order valence-electron chi connectivity index (χ4n) is 1.48. The van der Waals surface area contributed by atoms with Gasteiger partial charge in [-0.2, -0.15) is 0 Å². The van der Waals surface area contributed by atoms with Gasteiger partial charge in [-0.05, 0) is 40.9 Å². The van der Waals surface area contributed by atoms with E-state index in [1.165, 1.54) is 0 Å². The van der Waals surface area contributed by atoms with E-state index in [2.05, 4.69) is 29.4 Å². The Labute approximate surface area is 117 Å². The Morgan fingerprint density at radius 3 is 2.41 bits per heavy atom. The Hall–Kier alpha value is -0.0300. The lowest BCUT2D eigenvalue weighted by atomic mass is 10.0. The molecule has 104 valence electrons. The first kappa shape index (κ1) is 19.3. The summed E-state index contributed by atoms with van der Waals surface area (Å²) >= 11 is 0. The van der Waals surface area contributed by atoms with E-state index in [-0.39, 0.29) is 42.2 Å². The normalized spacial score (nSPS) is 19.5. The van der Waals surface area contributed by atoms with Crippen LogP contribution in [0.15, 0.2) is 0 Å². The van der Waals surface area contributed by atoms with E-state index in [1.54, 1.807) is 0 Å². The van der Waals surface area contributed by atoms with E-state index in [1.807, 2.05) is 14.1 Å². The molecule has 1 heterocycles. The van der Waals surface area contributed by atoms with Gasteiger partial charge in [0.15, 0.2) is 0 Å². The Kier molecular flexibility index (Phi) is 9.25. The molecule has 1 amide bonds. The maximum absolute atomic E-state index is 11.7. The van der Waals surface area contributed by atoms with Crippen molar-refractivity contribution in [3.63, 3.8) is 0 Å². The molecule has 1 fully saturated rings. The fraction of sp³-hybridized carbons (Fsp3) is 0.909. The molecule has 0 spiro atoms. The van der Waals surface area contributed by atoms with Crippen LogP contribution in [0.3, 0.4) is 0 Å². The van der Waals surface area contributed by atoms with Crippen LogP contribution in [0.25, 0.3) is 0 Å². The van der Waals surface area contributed by atoms with Crippen molar-refractivity contribution in [2.45, 2.75) is 25.8 Å². The minimum Gasteiger partial charge on any atom is -0.354 e. The standard InChI is InChI=1S/C11H23N3O.2ClH/c1-11(2,14(3)4)8-13-10(15)9-5-6-12-7-9;;/h9,12H,5-8H2,1-4H3,(H,13,15);2*1H. The molecular formula is C11H25Cl2N3O. The lowest BCUT2D eigenvalue weighted by molar-refractivity contribution is -0.124. The van der Waals surface area contributed by atoms with Crippen LogP contribution in [0.4, 0.5) is 0 Å². The SMILES string of the molecule is CN(C)C(C)(C)CNC(=O)C1CCNC1.Cl.Cl. The molecule has 0 aromatic carbocycles. The highest BCUT2D eigenvalue weighted by Gasteiger charge is 2.25. The molecule has 1 atom stereocenters. The molecular weight excluding hydrogens is 261 g/mol. The highest BCUT2D eigenvalue weighted by molar-refractivity contribution is 5.85. The lowest BCUT2D eigenvalue weighted by Gasteiger charge is -2.33. The molecule has 6 heteroatoms. The largest absolute Gasteiger partial charge is 0.354 e. The van der Waals surface area contributed by atoms with Crippen molar-refractivity contribution in [1.82, 2.24) is 15.5 Å². The number of rotatable bonds is 4. The minimum atomic E-state index is 0. The van der Waals surface area contributed by atoms with Gasteiger partial charge in [-0.3, -0.25) is 4.79 Å². The second-order valence-electron chi connectivity index (χ2n) is 5.11. The van der Waals surface area contributed by atoms with Crippen LogP contribution < -0.4 is 10.6 Å². The van der Waals surface area contributed by atoms with Crippen molar-refractivity contribution < 1.29 is 4.79 Å². The highest BCUT2D eigenvalue weighted by Crippen LogP contribution is 2.10. The van der Waals surface area contributed by atoms with Gasteiger partial charge in [0.1, 0.15) is 0 Å². The zero-order chi connectivity index (χ0) is 11.5. The van der Waals surface area contributed by atoms with Crippen LogP contribution in [0.2, 0.25) is 0 Å². The smallest absolute Gasteiger partial charge is 0.224 e. The molecule has 1 aliphatic heterocycles. The number of carbonyl (C=O) groups excluding carboxylic acids is 1. The monoisotopic (exact) mass is 285 g/mol. The van der Waals surface area contributed by atoms with E-state index < -0.39 is 0 Å². The van der Waals surface area contributed by atoms with Crippen LogP contribution in [0, 0.1) is 5.92 Å². The number of halogens is 2. The van der Waals surface area contributed by atoms with Crippen LogP contribution in [-0.4, -0.2) is 50.1 Å². The van der Waals surface area contributed by atoms with Crippen LogP contribution in [-0.2, 0) is 4.79 Å². The zero-order valence-corrected chi connectivity index (χ0v) is 12.7. The van der Waals surface area contributed by atoms with Crippen LogP contribution >= 0.6 is 24.8 Å². The summed E-state index contributed by atoms with van der Waals surface area (Å²) in [7, 11) is 4.06. The maximum Gasteiger partial charge on any atom is 0.224 e. The highest BCUT2D eigenvalue weighted by atomic mass is 35.5. The molecule has 0 saturated carbocycles. The van der Waals surface area contributed by atoms with Crippen LogP contribution in [0.1, 0.15) is 20.3 Å². The second-order valence-corrected chi connectivity index (χ2v) is 5.11. The molecule has 1 rings (SSSR count). The maximum atomic E-state index is 11.7. The third kappa shape index (κ3) is 5.91. The summed E-state index contributed by atoms with van der Waals surface area (Å²) in [6.07, 6.45) is 0.966. The average Bonchev–Trinajstić information content (AvgIpc) is 2.66. The third-order valence-corrected chi connectivity index (χ3v) is 3.34. The molecule has 0 aliphatic carbocycles. The van der Waals surface area contributed by atoms with Gasteiger partial charge in [-0.1, -0.05) is 0 Å². The van der Waals surface area contributed by atoms with Gasteiger partial charge in [0.25, 0.3) is 0 Å². The van der Waals surface area contributed by atoms with Gasteiger partial charge < -0.3 is 15.5 Å². The second kappa shape index (κ2) is 8.14. The molecule has 0 bridgehead atoms. The van der Waals surface area contributed by atoms with E-state index in [9.17, 15) is 4.79 Å². The first-order valence-corrected chi connectivity index (χ1v) is 5.59. The van der Waals surface area contributed by atoms with Gasteiger partial charge in [-0.25, -0.2) is 0 Å². The first-order valence-electron chi connectivity index (χ1n) is 5.59. The topological polar surface area (TPSA) is 44.4 Å². The quantitative estimate of drug-likeness (QED) is 0.807. The Balaban J connectivity index is 0. The molecule has 0 radical (unpaired) electrons. The molecule has 0 aromatic rings. The number of hydrogen-bond donors (Lipinski definition) is 2. The fourth-order valence-corrected chi connectivity index (χ4v) is 1.48.